The maximum Gasteiger partial charge on any atom is 0.102 e. The van der Waals surface area contributed by atoms with Crippen LogP contribution in [0.2, 0.25) is 0 Å². The number of rotatable bonds is 1. The van der Waals surface area contributed by atoms with Crippen LogP contribution in [0.25, 0.3) is 29.6 Å². The highest BCUT2D eigenvalue weighted by atomic mass is 32.1. The minimum absolute atomic E-state index is 0.364. The van der Waals surface area contributed by atoms with E-state index >= 15 is 0 Å². The van der Waals surface area contributed by atoms with Crippen molar-refractivity contribution in [2.45, 2.75) is 20.0 Å². The SMILES string of the molecule is Cc1cc2c(cc1N1C=CN(C)[C@@H]1C)sc1c3ccccc3sc21. The molecule has 0 saturated heterocycles. The molecule has 4 aromatic rings. The van der Waals surface area contributed by atoms with Crippen LogP contribution >= 0.6 is 22.7 Å². The number of hydrogen-bond donors (Lipinski definition) is 0. The first-order chi connectivity index (χ1) is 11.6. The molecule has 0 aliphatic carbocycles. The van der Waals surface area contributed by atoms with Gasteiger partial charge in [-0.25, -0.2) is 0 Å². The van der Waals surface area contributed by atoms with Crippen LogP contribution in [0.1, 0.15) is 12.5 Å². The van der Waals surface area contributed by atoms with Gasteiger partial charge in [0.25, 0.3) is 0 Å². The molecule has 4 heteroatoms. The lowest BCUT2D eigenvalue weighted by Crippen LogP contribution is -2.33. The summed E-state index contributed by atoms with van der Waals surface area (Å²) in [4.78, 5) is 4.60. The number of aryl methyl sites for hydroxylation is 1. The van der Waals surface area contributed by atoms with Crippen LogP contribution in [0.3, 0.4) is 0 Å². The lowest BCUT2D eigenvalue weighted by atomic mass is 10.1. The Balaban J connectivity index is 1.76. The molecule has 0 spiro atoms. The van der Waals surface area contributed by atoms with Crippen LogP contribution < -0.4 is 4.90 Å². The highest BCUT2D eigenvalue weighted by Gasteiger charge is 2.22. The van der Waals surface area contributed by atoms with Gasteiger partial charge in [0.2, 0.25) is 0 Å². The van der Waals surface area contributed by atoms with Crippen molar-refractivity contribution in [1.29, 1.82) is 0 Å². The number of benzene rings is 2. The van der Waals surface area contributed by atoms with Crippen LogP contribution in [-0.2, 0) is 0 Å². The number of thiophene rings is 2. The summed E-state index contributed by atoms with van der Waals surface area (Å²) in [6.07, 6.45) is 4.70. The van der Waals surface area contributed by atoms with E-state index in [0.29, 0.717) is 6.17 Å². The third kappa shape index (κ3) is 1.87. The summed E-state index contributed by atoms with van der Waals surface area (Å²) in [5.74, 6) is 0. The van der Waals surface area contributed by atoms with Gasteiger partial charge in [-0.2, -0.15) is 0 Å². The highest BCUT2D eigenvalue weighted by Crippen LogP contribution is 2.46. The van der Waals surface area contributed by atoms with Crippen LogP contribution in [0.4, 0.5) is 5.69 Å². The van der Waals surface area contributed by atoms with Gasteiger partial charge in [0.15, 0.2) is 0 Å². The zero-order chi connectivity index (χ0) is 16.4. The lowest BCUT2D eigenvalue weighted by Gasteiger charge is -2.28. The molecule has 1 atom stereocenters. The molecule has 1 aliphatic rings. The summed E-state index contributed by atoms with van der Waals surface area (Å²) >= 11 is 3.85. The fourth-order valence-electron chi connectivity index (χ4n) is 3.53. The van der Waals surface area contributed by atoms with Crippen molar-refractivity contribution >= 4 is 57.9 Å². The van der Waals surface area contributed by atoms with Crippen molar-refractivity contribution in [2.24, 2.45) is 0 Å². The molecule has 0 radical (unpaired) electrons. The summed E-state index contributed by atoms with van der Waals surface area (Å²) < 4.78 is 5.65. The largest absolute Gasteiger partial charge is 0.359 e. The fraction of sp³-hybridized carbons (Fsp3) is 0.200. The maximum absolute atomic E-state index is 2.37. The monoisotopic (exact) mass is 350 g/mol. The van der Waals surface area contributed by atoms with E-state index in [4.69, 9.17) is 0 Å². The van der Waals surface area contributed by atoms with Gasteiger partial charge in [-0.3, -0.25) is 0 Å². The Labute approximate surface area is 149 Å². The average Bonchev–Trinajstić information content (AvgIpc) is 3.21. The second-order valence-electron chi connectivity index (χ2n) is 6.50. The molecule has 0 fully saturated rings. The van der Waals surface area contributed by atoms with Crippen molar-refractivity contribution in [3.05, 3.63) is 54.4 Å². The molecule has 0 N–H and O–H groups in total. The van der Waals surface area contributed by atoms with Gasteiger partial charge < -0.3 is 9.80 Å². The zero-order valence-corrected chi connectivity index (χ0v) is 15.5. The molecule has 24 heavy (non-hydrogen) atoms. The minimum Gasteiger partial charge on any atom is -0.359 e. The molecule has 3 heterocycles. The molecular weight excluding hydrogens is 332 g/mol. The van der Waals surface area contributed by atoms with E-state index in [9.17, 15) is 0 Å². The standard InChI is InChI=1S/C20H18N2S2/c1-12-10-15-18(11-16(12)22-9-8-21(3)13(22)2)24-19-14-6-4-5-7-17(14)23-20(15)19/h4-11,13H,1-3H3/t13-/m0/s1. The Kier molecular flexibility index (Phi) is 2.97. The molecule has 0 bridgehead atoms. The van der Waals surface area contributed by atoms with Crippen molar-refractivity contribution in [3.63, 3.8) is 0 Å². The van der Waals surface area contributed by atoms with Crippen LogP contribution in [0.5, 0.6) is 0 Å². The predicted molar refractivity (Wildman–Crippen MR) is 108 cm³/mol. The first-order valence-corrected chi connectivity index (χ1v) is 9.80. The summed E-state index contributed by atoms with van der Waals surface area (Å²) in [7, 11) is 2.13. The van der Waals surface area contributed by atoms with Gasteiger partial charge in [0, 0.05) is 45.3 Å². The molecule has 0 saturated carbocycles. The minimum atomic E-state index is 0.364. The predicted octanol–water partition coefficient (Wildman–Crippen LogP) is 6.15. The normalized spacial score (nSPS) is 17.9. The van der Waals surface area contributed by atoms with E-state index in [1.54, 1.807) is 0 Å². The molecule has 5 rings (SSSR count). The van der Waals surface area contributed by atoms with Crippen LogP contribution in [-0.4, -0.2) is 18.1 Å². The quantitative estimate of drug-likeness (QED) is 0.406. The van der Waals surface area contributed by atoms with Crippen molar-refractivity contribution in [1.82, 2.24) is 4.90 Å². The Morgan fingerprint density at radius 3 is 2.46 bits per heavy atom. The number of anilines is 1. The topological polar surface area (TPSA) is 6.48 Å². The Morgan fingerprint density at radius 1 is 0.917 bits per heavy atom. The first kappa shape index (κ1) is 14.3. The Bertz CT molecular complexity index is 1120. The van der Waals surface area contributed by atoms with Gasteiger partial charge in [-0.15, -0.1) is 22.7 Å². The molecule has 2 aromatic heterocycles. The molecule has 1 aliphatic heterocycles. The van der Waals surface area contributed by atoms with Crippen LogP contribution in [0.15, 0.2) is 48.8 Å². The molecule has 0 amide bonds. The smallest absolute Gasteiger partial charge is 0.102 e. The maximum atomic E-state index is 2.37. The van der Waals surface area contributed by atoms with E-state index in [2.05, 4.69) is 79.5 Å². The summed E-state index contributed by atoms with van der Waals surface area (Å²) in [6.45, 7) is 4.47. The zero-order valence-electron chi connectivity index (χ0n) is 13.9. The fourth-order valence-corrected chi connectivity index (χ4v) is 6.19. The van der Waals surface area contributed by atoms with Crippen molar-refractivity contribution < 1.29 is 0 Å². The third-order valence-corrected chi connectivity index (χ3v) is 7.56. The third-order valence-electron chi connectivity index (χ3n) is 5.04. The molecular formula is C20H18N2S2. The summed E-state index contributed by atoms with van der Waals surface area (Å²) in [6, 6.07) is 13.5. The van der Waals surface area contributed by atoms with Gasteiger partial charge in [-0.05, 0) is 37.6 Å². The Hall–Kier alpha value is -2.04. The molecule has 0 unspecified atom stereocenters. The van der Waals surface area contributed by atoms with Gasteiger partial charge in [-0.1, -0.05) is 18.2 Å². The lowest BCUT2D eigenvalue weighted by molar-refractivity contribution is 0.383. The van der Waals surface area contributed by atoms with E-state index in [1.165, 1.54) is 40.8 Å². The van der Waals surface area contributed by atoms with Gasteiger partial charge in [0.1, 0.15) is 6.17 Å². The number of hydrogen-bond acceptors (Lipinski definition) is 4. The second-order valence-corrected chi connectivity index (χ2v) is 8.60. The van der Waals surface area contributed by atoms with E-state index in [-0.39, 0.29) is 0 Å². The molecule has 120 valence electrons. The summed E-state index contributed by atoms with van der Waals surface area (Å²) in [5, 5.41) is 2.80. The van der Waals surface area contributed by atoms with E-state index in [0.717, 1.165) is 0 Å². The van der Waals surface area contributed by atoms with E-state index < -0.39 is 0 Å². The van der Waals surface area contributed by atoms with Crippen molar-refractivity contribution in [3.8, 4) is 0 Å². The van der Waals surface area contributed by atoms with Gasteiger partial charge in [0.05, 0.1) is 9.40 Å². The highest BCUT2D eigenvalue weighted by molar-refractivity contribution is 7.36. The second kappa shape index (κ2) is 4.98. The first-order valence-electron chi connectivity index (χ1n) is 8.16. The van der Waals surface area contributed by atoms with Gasteiger partial charge >= 0.3 is 0 Å². The van der Waals surface area contributed by atoms with E-state index in [1.807, 2.05) is 22.7 Å². The Morgan fingerprint density at radius 2 is 1.67 bits per heavy atom. The molecule has 2 nitrogen and oxygen atoms in total. The summed E-state index contributed by atoms with van der Waals surface area (Å²) in [5.41, 5.74) is 2.65. The van der Waals surface area contributed by atoms with Crippen LogP contribution in [0, 0.1) is 6.92 Å². The average molecular weight is 351 g/mol. The molecule has 2 aromatic carbocycles. The number of fused-ring (bicyclic) bond motifs is 5. The number of nitrogens with zero attached hydrogens (tertiary/aromatic N) is 2. The van der Waals surface area contributed by atoms with Crippen molar-refractivity contribution in [2.75, 3.05) is 11.9 Å².